The van der Waals surface area contributed by atoms with E-state index < -0.39 is 0 Å². The molecule has 3 N–H and O–H groups in total. The molecule has 16 heavy (non-hydrogen) atoms. The van der Waals surface area contributed by atoms with E-state index in [0.717, 1.165) is 19.0 Å². The third-order valence-electron chi connectivity index (χ3n) is 3.28. The molecule has 0 unspecified atom stereocenters. The Morgan fingerprint density at radius 3 is 2.75 bits per heavy atom. The molecule has 0 atom stereocenters. The van der Waals surface area contributed by atoms with Gasteiger partial charge in [0.25, 0.3) is 0 Å². The molecular weight excluding hydrogens is 220 g/mol. The SMILES string of the molecule is NNC(=NC1CCCC1)N1CCCSCC1. The number of aliphatic imine (C=N–C) groups is 1. The molecule has 0 bridgehead atoms. The molecule has 0 aromatic rings. The Morgan fingerprint density at radius 1 is 1.19 bits per heavy atom. The Bertz CT molecular complexity index is 230. The molecule has 1 aliphatic carbocycles. The van der Waals surface area contributed by atoms with Crippen LogP contribution in [-0.4, -0.2) is 41.5 Å². The number of thioether (sulfide) groups is 1. The maximum atomic E-state index is 5.60. The Morgan fingerprint density at radius 2 is 2.00 bits per heavy atom. The number of guanidine groups is 1. The van der Waals surface area contributed by atoms with Crippen molar-refractivity contribution in [1.29, 1.82) is 0 Å². The second kappa shape index (κ2) is 6.35. The van der Waals surface area contributed by atoms with Crippen molar-refractivity contribution in [3.63, 3.8) is 0 Å². The van der Waals surface area contributed by atoms with Crippen molar-refractivity contribution in [2.45, 2.75) is 38.1 Å². The zero-order chi connectivity index (χ0) is 11.2. The lowest BCUT2D eigenvalue weighted by Crippen LogP contribution is -2.46. The summed E-state index contributed by atoms with van der Waals surface area (Å²) in [7, 11) is 0. The van der Waals surface area contributed by atoms with Crippen molar-refractivity contribution in [3.8, 4) is 0 Å². The highest BCUT2D eigenvalue weighted by atomic mass is 32.2. The fourth-order valence-electron chi connectivity index (χ4n) is 2.37. The van der Waals surface area contributed by atoms with Gasteiger partial charge in [-0.25, -0.2) is 10.8 Å². The summed E-state index contributed by atoms with van der Waals surface area (Å²) < 4.78 is 0. The van der Waals surface area contributed by atoms with Gasteiger partial charge in [0.2, 0.25) is 5.96 Å². The normalized spacial score (nSPS) is 24.6. The predicted octanol–water partition coefficient (Wildman–Crippen LogP) is 1.19. The van der Waals surface area contributed by atoms with E-state index >= 15 is 0 Å². The van der Waals surface area contributed by atoms with Gasteiger partial charge in [-0.15, -0.1) is 0 Å². The summed E-state index contributed by atoms with van der Waals surface area (Å²) in [6.07, 6.45) is 6.33. The van der Waals surface area contributed by atoms with E-state index in [2.05, 4.69) is 10.3 Å². The zero-order valence-corrected chi connectivity index (χ0v) is 10.6. The minimum Gasteiger partial charge on any atom is -0.341 e. The minimum absolute atomic E-state index is 0.502. The minimum atomic E-state index is 0.502. The van der Waals surface area contributed by atoms with Gasteiger partial charge in [-0.1, -0.05) is 12.8 Å². The molecule has 1 saturated carbocycles. The molecule has 5 heteroatoms. The molecule has 92 valence electrons. The summed E-state index contributed by atoms with van der Waals surface area (Å²) in [5, 5.41) is 0. The first kappa shape index (κ1) is 12.0. The van der Waals surface area contributed by atoms with Crippen LogP contribution in [0.4, 0.5) is 0 Å². The summed E-state index contributed by atoms with van der Waals surface area (Å²) in [5.74, 6) is 8.96. The Hall–Kier alpha value is -0.420. The van der Waals surface area contributed by atoms with Gasteiger partial charge in [0.15, 0.2) is 0 Å². The van der Waals surface area contributed by atoms with Gasteiger partial charge in [-0.2, -0.15) is 11.8 Å². The second-order valence-corrected chi connectivity index (χ2v) is 5.71. The van der Waals surface area contributed by atoms with Gasteiger partial charge >= 0.3 is 0 Å². The predicted molar refractivity (Wildman–Crippen MR) is 70.5 cm³/mol. The standard InChI is InChI=1S/C11H22N4S/c12-14-11(13-10-4-1-2-5-10)15-6-3-8-16-9-7-15/h10H,1-9,12H2,(H,13,14). The third-order valence-corrected chi connectivity index (χ3v) is 4.33. The van der Waals surface area contributed by atoms with Crippen LogP contribution in [0.2, 0.25) is 0 Å². The van der Waals surface area contributed by atoms with Crippen LogP contribution >= 0.6 is 11.8 Å². The van der Waals surface area contributed by atoms with Crippen LogP contribution < -0.4 is 11.3 Å². The highest BCUT2D eigenvalue weighted by molar-refractivity contribution is 7.99. The van der Waals surface area contributed by atoms with Crippen molar-refractivity contribution < 1.29 is 0 Å². The van der Waals surface area contributed by atoms with Crippen LogP contribution in [0.25, 0.3) is 0 Å². The molecule has 2 fully saturated rings. The highest BCUT2D eigenvalue weighted by Crippen LogP contribution is 2.21. The lowest BCUT2D eigenvalue weighted by molar-refractivity contribution is 0.428. The Labute approximate surface area is 102 Å². The highest BCUT2D eigenvalue weighted by Gasteiger charge is 2.18. The van der Waals surface area contributed by atoms with Crippen LogP contribution in [0.1, 0.15) is 32.1 Å². The molecule has 1 saturated heterocycles. The van der Waals surface area contributed by atoms with Gasteiger partial charge in [-0.3, -0.25) is 5.43 Å². The van der Waals surface area contributed by atoms with Crippen LogP contribution in [0, 0.1) is 0 Å². The molecule has 1 aliphatic heterocycles. The topological polar surface area (TPSA) is 53.6 Å². The largest absolute Gasteiger partial charge is 0.341 e. The number of hydrazine groups is 1. The molecule has 2 aliphatic rings. The summed E-state index contributed by atoms with van der Waals surface area (Å²) >= 11 is 2.02. The summed E-state index contributed by atoms with van der Waals surface area (Å²) in [4.78, 5) is 7.06. The zero-order valence-electron chi connectivity index (χ0n) is 9.82. The lowest BCUT2D eigenvalue weighted by atomic mass is 10.3. The number of nitrogens with zero attached hydrogens (tertiary/aromatic N) is 2. The molecule has 4 nitrogen and oxygen atoms in total. The number of hydrogen-bond acceptors (Lipinski definition) is 3. The van der Waals surface area contributed by atoms with Crippen molar-refractivity contribution in [1.82, 2.24) is 10.3 Å². The number of rotatable bonds is 1. The third kappa shape index (κ3) is 3.28. The smallest absolute Gasteiger partial charge is 0.208 e. The summed E-state index contributed by atoms with van der Waals surface area (Å²) in [5.41, 5.74) is 2.79. The first-order valence-electron chi connectivity index (χ1n) is 6.27. The van der Waals surface area contributed by atoms with Gasteiger partial charge in [-0.05, 0) is 25.0 Å². The van der Waals surface area contributed by atoms with Crippen LogP contribution in [0.5, 0.6) is 0 Å². The monoisotopic (exact) mass is 242 g/mol. The van der Waals surface area contributed by atoms with Crippen molar-refractivity contribution in [2.75, 3.05) is 24.6 Å². The average molecular weight is 242 g/mol. The quantitative estimate of drug-likeness (QED) is 0.314. The van der Waals surface area contributed by atoms with E-state index in [4.69, 9.17) is 10.8 Å². The van der Waals surface area contributed by atoms with Crippen LogP contribution in [0.3, 0.4) is 0 Å². The molecule has 0 radical (unpaired) electrons. The fourth-order valence-corrected chi connectivity index (χ4v) is 3.26. The van der Waals surface area contributed by atoms with E-state index in [1.165, 1.54) is 43.6 Å². The number of nitrogens with two attached hydrogens (primary N) is 1. The van der Waals surface area contributed by atoms with Crippen molar-refractivity contribution in [2.24, 2.45) is 10.8 Å². The molecule has 0 aromatic carbocycles. The van der Waals surface area contributed by atoms with Gasteiger partial charge in [0.05, 0.1) is 6.04 Å². The van der Waals surface area contributed by atoms with E-state index in [9.17, 15) is 0 Å². The molecule has 1 heterocycles. The van der Waals surface area contributed by atoms with E-state index in [-0.39, 0.29) is 0 Å². The molecule has 2 rings (SSSR count). The van der Waals surface area contributed by atoms with Crippen LogP contribution in [-0.2, 0) is 0 Å². The maximum Gasteiger partial charge on any atom is 0.208 e. The summed E-state index contributed by atoms with van der Waals surface area (Å²) in [6.45, 7) is 2.16. The second-order valence-electron chi connectivity index (χ2n) is 4.49. The van der Waals surface area contributed by atoms with E-state index in [1.807, 2.05) is 11.8 Å². The van der Waals surface area contributed by atoms with Crippen molar-refractivity contribution >= 4 is 17.7 Å². The first-order valence-corrected chi connectivity index (χ1v) is 7.43. The molecule has 0 spiro atoms. The molecule has 0 amide bonds. The molecular formula is C11H22N4S. The maximum absolute atomic E-state index is 5.60. The van der Waals surface area contributed by atoms with E-state index in [1.54, 1.807) is 0 Å². The van der Waals surface area contributed by atoms with E-state index in [0.29, 0.717) is 6.04 Å². The van der Waals surface area contributed by atoms with Gasteiger partial charge in [0, 0.05) is 18.8 Å². The fraction of sp³-hybridized carbons (Fsp3) is 0.909. The Balaban J connectivity index is 1.95. The number of nitrogens with one attached hydrogen (secondary N) is 1. The van der Waals surface area contributed by atoms with Crippen LogP contribution in [0.15, 0.2) is 4.99 Å². The molecule has 0 aromatic heterocycles. The average Bonchev–Trinajstić information content (AvgIpc) is 2.67. The van der Waals surface area contributed by atoms with Crippen molar-refractivity contribution in [3.05, 3.63) is 0 Å². The number of hydrogen-bond donors (Lipinski definition) is 2. The van der Waals surface area contributed by atoms with Gasteiger partial charge < -0.3 is 4.90 Å². The lowest BCUT2D eigenvalue weighted by Gasteiger charge is -2.24. The van der Waals surface area contributed by atoms with Gasteiger partial charge in [0.1, 0.15) is 0 Å². The Kier molecular flexibility index (Phi) is 4.78. The first-order chi connectivity index (χ1) is 7.90. The summed E-state index contributed by atoms with van der Waals surface area (Å²) in [6, 6.07) is 0.502.